The zero-order chi connectivity index (χ0) is 11.4. The van der Waals surface area contributed by atoms with Gasteiger partial charge in [-0.15, -0.1) is 0 Å². The largest absolute Gasteiger partial charge is 0.486 e. The van der Waals surface area contributed by atoms with E-state index in [4.69, 9.17) is 15.2 Å². The molecule has 16 heavy (non-hydrogen) atoms. The average molecular weight is 222 g/mol. The van der Waals surface area contributed by atoms with E-state index < -0.39 is 0 Å². The van der Waals surface area contributed by atoms with Crippen LogP contribution in [0.3, 0.4) is 0 Å². The Bertz CT molecular complexity index is 349. The van der Waals surface area contributed by atoms with Crippen LogP contribution in [0, 0.1) is 6.92 Å². The molecule has 0 amide bonds. The van der Waals surface area contributed by atoms with E-state index in [2.05, 4.69) is 4.98 Å². The molecule has 2 rings (SSSR count). The molecule has 2 N–H and O–H groups in total. The maximum atomic E-state index is 5.87. The molecule has 0 radical (unpaired) electrons. The Morgan fingerprint density at radius 1 is 1.56 bits per heavy atom. The van der Waals surface area contributed by atoms with Crippen LogP contribution in [-0.4, -0.2) is 30.8 Å². The van der Waals surface area contributed by atoms with Gasteiger partial charge in [-0.2, -0.15) is 0 Å². The fraction of sp³-hybridized carbons (Fsp3) is 0.583. The van der Waals surface area contributed by atoms with Crippen molar-refractivity contribution < 1.29 is 9.47 Å². The summed E-state index contributed by atoms with van der Waals surface area (Å²) in [4.78, 5) is 4.46. The Labute approximate surface area is 95.8 Å². The first kappa shape index (κ1) is 11.4. The number of hydrogen-bond acceptors (Lipinski definition) is 4. The minimum Gasteiger partial charge on any atom is -0.486 e. The third kappa shape index (κ3) is 2.71. The Hall–Kier alpha value is -1.13. The van der Waals surface area contributed by atoms with Crippen LogP contribution in [0.15, 0.2) is 12.1 Å². The van der Waals surface area contributed by atoms with E-state index in [1.54, 1.807) is 0 Å². The average Bonchev–Trinajstić information content (AvgIpc) is 2.75. The van der Waals surface area contributed by atoms with Crippen LogP contribution < -0.4 is 10.5 Å². The van der Waals surface area contributed by atoms with Crippen molar-refractivity contribution in [2.24, 2.45) is 5.73 Å². The highest BCUT2D eigenvalue weighted by Gasteiger charge is 2.18. The van der Waals surface area contributed by atoms with E-state index in [0.717, 1.165) is 36.6 Å². The van der Waals surface area contributed by atoms with Crippen molar-refractivity contribution in [3.8, 4) is 5.75 Å². The van der Waals surface area contributed by atoms with Crippen LogP contribution in [0.4, 0.5) is 0 Å². The van der Waals surface area contributed by atoms with Crippen LogP contribution in [0.5, 0.6) is 5.75 Å². The highest BCUT2D eigenvalue weighted by atomic mass is 16.5. The monoisotopic (exact) mass is 222 g/mol. The maximum Gasteiger partial charge on any atom is 0.141 e. The first-order valence-corrected chi connectivity index (χ1v) is 5.70. The van der Waals surface area contributed by atoms with Gasteiger partial charge < -0.3 is 15.2 Å². The topological polar surface area (TPSA) is 57.4 Å². The highest BCUT2D eigenvalue weighted by Crippen LogP contribution is 2.21. The van der Waals surface area contributed by atoms with Gasteiger partial charge in [0.15, 0.2) is 0 Å². The molecule has 1 aliphatic rings. The van der Waals surface area contributed by atoms with Gasteiger partial charge in [0.1, 0.15) is 11.9 Å². The molecule has 0 saturated carbocycles. The fourth-order valence-corrected chi connectivity index (χ4v) is 1.81. The van der Waals surface area contributed by atoms with E-state index in [-0.39, 0.29) is 6.10 Å². The summed E-state index contributed by atoms with van der Waals surface area (Å²) in [7, 11) is 0. The Kier molecular flexibility index (Phi) is 3.74. The molecule has 1 aliphatic heterocycles. The predicted octanol–water partition coefficient (Wildman–Crippen LogP) is 1.06. The van der Waals surface area contributed by atoms with E-state index in [0.29, 0.717) is 13.2 Å². The molecule has 1 unspecified atom stereocenters. The first-order chi connectivity index (χ1) is 7.79. The molecule has 1 aromatic rings. The zero-order valence-corrected chi connectivity index (χ0v) is 9.61. The minimum absolute atomic E-state index is 0.168. The van der Waals surface area contributed by atoms with Gasteiger partial charge in [-0.1, -0.05) is 0 Å². The van der Waals surface area contributed by atoms with Crippen LogP contribution in [0.25, 0.3) is 0 Å². The smallest absolute Gasteiger partial charge is 0.141 e. The molecule has 1 saturated heterocycles. The van der Waals surface area contributed by atoms with Gasteiger partial charge in [-0.25, -0.2) is 0 Å². The molecule has 4 heteroatoms. The fourth-order valence-electron chi connectivity index (χ4n) is 1.81. The van der Waals surface area contributed by atoms with Crippen LogP contribution in [-0.2, 0) is 11.2 Å². The molecule has 88 valence electrons. The molecule has 2 heterocycles. The maximum absolute atomic E-state index is 5.87. The third-order valence-electron chi connectivity index (χ3n) is 2.63. The van der Waals surface area contributed by atoms with E-state index in [9.17, 15) is 0 Å². The quantitative estimate of drug-likeness (QED) is 0.827. The molecule has 1 aromatic heterocycles. The van der Waals surface area contributed by atoms with Crippen molar-refractivity contribution >= 4 is 0 Å². The van der Waals surface area contributed by atoms with Gasteiger partial charge in [0.25, 0.3) is 0 Å². The van der Waals surface area contributed by atoms with Crippen molar-refractivity contribution in [1.29, 1.82) is 0 Å². The van der Waals surface area contributed by atoms with E-state index in [1.165, 1.54) is 0 Å². The summed E-state index contributed by atoms with van der Waals surface area (Å²) < 4.78 is 11.2. The van der Waals surface area contributed by atoms with Crippen LogP contribution in [0.2, 0.25) is 0 Å². The molecule has 0 bridgehead atoms. The summed E-state index contributed by atoms with van der Waals surface area (Å²) in [5.41, 5.74) is 7.52. The lowest BCUT2D eigenvalue weighted by Crippen LogP contribution is -2.18. The number of pyridine rings is 1. The molecular formula is C12H18N2O2. The van der Waals surface area contributed by atoms with Crippen molar-refractivity contribution in [3.63, 3.8) is 0 Å². The van der Waals surface area contributed by atoms with Gasteiger partial charge in [-0.05, 0) is 25.6 Å². The highest BCUT2D eigenvalue weighted by molar-refractivity contribution is 5.29. The van der Waals surface area contributed by atoms with E-state index >= 15 is 0 Å². The van der Waals surface area contributed by atoms with Gasteiger partial charge in [0.05, 0.1) is 18.9 Å². The molecule has 0 aromatic carbocycles. The SMILES string of the molecule is Cc1ccc(OC2CCOC2)c(CCN)n1. The summed E-state index contributed by atoms with van der Waals surface area (Å²) in [5.74, 6) is 0.853. The lowest BCUT2D eigenvalue weighted by Gasteiger charge is -2.15. The third-order valence-corrected chi connectivity index (χ3v) is 2.63. The van der Waals surface area contributed by atoms with Crippen molar-refractivity contribution in [3.05, 3.63) is 23.5 Å². The minimum atomic E-state index is 0.168. The number of aryl methyl sites for hydroxylation is 1. The second kappa shape index (κ2) is 5.27. The first-order valence-electron chi connectivity index (χ1n) is 5.70. The van der Waals surface area contributed by atoms with Crippen molar-refractivity contribution in [1.82, 2.24) is 4.98 Å². The molecule has 0 spiro atoms. The summed E-state index contributed by atoms with van der Waals surface area (Å²) in [5, 5.41) is 0. The second-order valence-corrected chi connectivity index (χ2v) is 4.04. The predicted molar refractivity (Wildman–Crippen MR) is 61.6 cm³/mol. The normalized spacial score (nSPS) is 20.0. The molecule has 1 fully saturated rings. The van der Waals surface area contributed by atoms with Crippen LogP contribution in [0.1, 0.15) is 17.8 Å². The van der Waals surface area contributed by atoms with Crippen molar-refractivity contribution in [2.45, 2.75) is 25.9 Å². The number of hydrogen-bond donors (Lipinski definition) is 1. The van der Waals surface area contributed by atoms with Gasteiger partial charge in [-0.3, -0.25) is 4.98 Å². The lowest BCUT2D eigenvalue weighted by atomic mass is 10.2. The van der Waals surface area contributed by atoms with Gasteiger partial charge in [0, 0.05) is 18.5 Å². The second-order valence-electron chi connectivity index (χ2n) is 4.04. The number of nitrogens with two attached hydrogens (primary N) is 1. The van der Waals surface area contributed by atoms with Gasteiger partial charge >= 0.3 is 0 Å². The Morgan fingerprint density at radius 3 is 3.12 bits per heavy atom. The lowest BCUT2D eigenvalue weighted by molar-refractivity contribution is 0.140. The van der Waals surface area contributed by atoms with Crippen LogP contribution >= 0.6 is 0 Å². The summed E-state index contributed by atoms with van der Waals surface area (Å²) in [6.45, 7) is 4.03. The summed E-state index contributed by atoms with van der Waals surface area (Å²) in [6.07, 6.45) is 1.88. The number of nitrogens with zero attached hydrogens (tertiary/aromatic N) is 1. The standard InChI is InChI=1S/C12H18N2O2/c1-9-2-3-12(11(14-9)4-6-13)16-10-5-7-15-8-10/h2-3,10H,4-8,13H2,1H3. The summed E-state index contributed by atoms with van der Waals surface area (Å²) >= 11 is 0. The number of ether oxygens (including phenoxy) is 2. The summed E-state index contributed by atoms with van der Waals surface area (Å²) in [6, 6.07) is 3.94. The van der Waals surface area contributed by atoms with Crippen molar-refractivity contribution in [2.75, 3.05) is 19.8 Å². The number of rotatable bonds is 4. The van der Waals surface area contributed by atoms with Gasteiger partial charge in [0.2, 0.25) is 0 Å². The molecule has 1 atom stereocenters. The zero-order valence-electron chi connectivity index (χ0n) is 9.61. The number of aromatic nitrogens is 1. The molecular weight excluding hydrogens is 204 g/mol. The Balaban J connectivity index is 2.11. The molecule has 0 aliphatic carbocycles. The molecule has 4 nitrogen and oxygen atoms in total. The van der Waals surface area contributed by atoms with E-state index in [1.807, 2.05) is 19.1 Å². The Morgan fingerprint density at radius 2 is 2.44 bits per heavy atom.